The van der Waals surface area contributed by atoms with Gasteiger partial charge < -0.3 is 15.1 Å². The van der Waals surface area contributed by atoms with E-state index in [9.17, 15) is 5.11 Å². The molecule has 1 aliphatic heterocycles. The second-order valence-corrected chi connectivity index (χ2v) is 7.60. The molecule has 1 aliphatic carbocycles. The van der Waals surface area contributed by atoms with E-state index in [1.807, 2.05) is 18.2 Å². The lowest BCUT2D eigenvalue weighted by Gasteiger charge is -2.41. The molecule has 1 aromatic rings. The van der Waals surface area contributed by atoms with E-state index in [1.54, 1.807) is 0 Å². The maximum absolute atomic E-state index is 10.9. The fourth-order valence-corrected chi connectivity index (χ4v) is 4.01. The van der Waals surface area contributed by atoms with Gasteiger partial charge in [0.25, 0.3) is 6.47 Å². The predicted molar refractivity (Wildman–Crippen MR) is 91.3 cm³/mol. The van der Waals surface area contributed by atoms with E-state index in [0.29, 0.717) is 5.41 Å². The zero-order valence-corrected chi connectivity index (χ0v) is 14.2. The Kier molecular flexibility index (Phi) is 5.82. The van der Waals surface area contributed by atoms with Gasteiger partial charge in [-0.25, -0.2) is 0 Å². The van der Waals surface area contributed by atoms with Crippen LogP contribution < -0.4 is 0 Å². The van der Waals surface area contributed by atoms with Crippen LogP contribution in [0.3, 0.4) is 0 Å². The lowest BCUT2D eigenvalue weighted by molar-refractivity contribution is -0.122. The van der Waals surface area contributed by atoms with E-state index in [1.165, 1.54) is 19.3 Å². The smallest absolute Gasteiger partial charge is 0.290 e. The lowest BCUT2D eigenvalue weighted by Crippen LogP contribution is -2.46. The highest BCUT2D eigenvalue weighted by Crippen LogP contribution is 2.41. The Morgan fingerprint density at radius 3 is 2.17 bits per heavy atom. The first-order valence-corrected chi connectivity index (χ1v) is 8.50. The van der Waals surface area contributed by atoms with Gasteiger partial charge in [0.15, 0.2) is 0 Å². The van der Waals surface area contributed by atoms with Gasteiger partial charge in [-0.1, -0.05) is 44.2 Å². The highest BCUT2D eigenvalue weighted by Gasteiger charge is 2.39. The molecule has 1 atom stereocenters. The Balaban J connectivity index is 0.000000595. The molecule has 4 nitrogen and oxygen atoms in total. The van der Waals surface area contributed by atoms with Crippen LogP contribution in [0.25, 0.3) is 0 Å². The molecule has 2 N–H and O–H groups in total. The van der Waals surface area contributed by atoms with Crippen LogP contribution >= 0.6 is 0 Å². The average molecular weight is 319 g/mol. The number of carboxylic acid groups (broad SMARTS) is 1. The molecule has 1 saturated heterocycles. The molecule has 0 radical (unpaired) electrons. The van der Waals surface area contributed by atoms with Gasteiger partial charge in [0.1, 0.15) is 0 Å². The van der Waals surface area contributed by atoms with Crippen molar-refractivity contribution in [3.63, 3.8) is 0 Å². The summed E-state index contributed by atoms with van der Waals surface area (Å²) in [6.45, 7) is 6.59. The Morgan fingerprint density at radius 1 is 1.13 bits per heavy atom. The zero-order chi connectivity index (χ0) is 16.9. The fraction of sp³-hybridized carbons (Fsp3) is 0.632. The van der Waals surface area contributed by atoms with Crippen molar-refractivity contribution in [2.24, 2.45) is 5.41 Å². The van der Waals surface area contributed by atoms with Crippen LogP contribution in [-0.2, 0) is 10.4 Å². The second kappa shape index (κ2) is 7.45. The minimum absolute atomic E-state index is 0.250. The Bertz CT molecular complexity index is 493. The molecule has 0 spiro atoms. The van der Waals surface area contributed by atoms with Crippen LogP contribution in [0.1, 0.15) is 51.5 Å². The van der Waals surface area contributed by atoms with Crippen LogP contribution in [0.15, 0.2) is 30.3 Å². The topological polar surface area (TPSA) is 60.8 Å². The maximum Gasteiger partial charge on any atom is 0.290 e. The van der Waals surface area contributed by atoms with Gasteiger partial charge in [0, 0.05) is 19.1 Å². The van der Waals surface area contributed by atoms with Crippen molar-refractivity contribution in [1.29, 1.82) is 0 Å². The van der Waals surface area contributed by atoms with E-state index in [0.717, 1.165) is 37.5 Å². The molecule has 1 aromatic carbocycles. The van der Waals surface area contributed by atoms with Crippen molar-refractivity contribution in [3.05, 3.63) is 35.9 Å². The van der Waals surface area contributed by atoms with Gasteiger partial charge in [-0.15, -0.1) is 0 Å². The van der Waals surface area contributed by atoms with E-state index in [2.05, 4.69) is 30.9 Å². The molecule has 128 valence electrons. The molecule has 1 saturated carbocycles. The number of nitrogens with zero attached hydrogens (tertiary/aromatic N) is 1. The highest BCUT2D eigenvalue weighted by molar-refractivity contribution is 5.32. The van der Waals surface area contributed by atoms with Crippen molar-refractivity contribution in [3.8, 4) is 0 Å². The number of likely N-dealkylation sites (tertiary alicyclic amines) is 1. The monoisotopic (exact) mass is 319 g/mol. The zero-order valence-electron chi connectivity index (χ0n) is 14.2. The summed E-state index contributed by atoms with van der Waals surface area (Å²) >= 11 is 0. The van der Waals surface area contributed by atoms with E-state index >= 15 is 0 Å². The molecule has 2 fully saturated rings. The highest BCUT2D eigenvalue weighted by atomic mass is 16.3. The Morgan fingerprint density at radius 2 is 1.70 bits per heavy atom. The molecule has 23 heavy (non-hydrogen) atoms. The average Bonchev–Trinajstić information content (AvgIpc) is 2.90. The van der Waals surface area contributed by atoms with Crippen molar-refractivity contribution >= 4 is 6.47 Å². The van der Waals surface area contributed by atoms with Gasteiger partial charge in [-0.3, -0.25) is 4.79 Å². The van der Waals surface area contributed by atoms with Crippen LogP contribution in [0.2, 0.25) is 0 Å². The van der Waals surface area contributed by atoms with Crippen molar-refractivity contribution in [1.82, 2.24) is 4.90 Å². The molecule has 1 heterocycles. The number of hydrogen-bond acceptors (Lipinski definition) is 3. The Labute approximate surface area is 139 Å². The molecule has 4 heteroatoms. The van der Waals surface area contributed by atoms with Crippen molar-refractivity contribution in [2.75, 3.05) is 13.1 Å². The van der Waals surface area contributed by atoms with Gasteiger partial charge in [0.05, 0.1) is 5.60 Å². The first-order chi connectivity index (χ1) is 10.9. The third kappa shape index (κ3) is 4.55. The molecule has 2 aliphatic rings. The summed E-state index contributed by atoms with van der Waals surface area (Å²) in [6.07, 6.45) is 5.73. The number of hydrogen-bond donors (Lipinski definition) is 2. The molecular formula is C19H29NO3. The minimum Gasteiger partial charge on any atom is -0.483 e. The van der Waals surface area contributed by atoms with Crippen LogP contribution in [0.4, 0.5) is 0 Å². The van der Waals surface area contributed by atoms with Crippen molar-refractivity contribution in [2.45, 2.75) is 57.6 Å². The van der Waals surface area contributed by atoms with E-state index in [-0.39, 0.29) is 6.47 Å². The first kappa shape index (κ1) is 18.0. The molecule has 0 bridgehead atoms. The maximum atomic E-state index is 10.9. The summed E-state index contributed by atoms with van der Waals surface area (Å²) in [4.78, 5) is 11.0. The van der Waals surface area contributed by atoms with Crippen LogP contribution in [0, 0.1) is 5.41 Å². The number of piperidine rings is 1. The molecule has 0 aromatic heterocycles. The standard InChI is InChI=1S/C18H27NO.CH2O2/c1-17(2)9-8-16(14-17)19-12-10-18(20,11-13-19)15-6-4-3-5-7-15;2-1-3/h3-7,16,20H,8-14H2,1-2H3;1H,(H,2,3). The summed E-state index contributed by atoms with van der Waals surface area (Å²) in [5.41, 5.74) is 0.996. The summed E-state index contributed by atoms with van der Waals surface area (Å²) in [6, 6.07) is 10.9. The fourth-order valence-electron chi connectivity index (χ4n) is 4.01. The molecule has 3 rings (SSSR count). The van der Waals surface area contributed by atoms with Gasteiger partial charge in [-0.05, 0) is 43.1 Å². The second-order valence-electron chi connectivity index (χ2n) is 7.60. The SMILES string of the molecule is CC1(C)CCC(N2CCC(O)(c3ccccc3)CC2)C1.O=CO. The summed E-state index contributed by atoms with van der Waals surface area (Å²) in [5, 5.41) is 17.8. The number of rotatable bonds is 2. The number of carbonyl (C=O) groups is 1. The predicted octanol–water partition coefficient (Wildman–Crippen LogP) is 3.25. The van der Waals surface area contributed by atoms with E-state index in [4.69, 9.17) is 9.90 Å². The first-order valence-electron chi connectivity index (χ1n) is 8.50. The van der Waals surface area contributed by atoms with Crippen LogP contribution in [0.5, 0.6) is 0 Å². The van der Waals surface area contributed by atoms with Gasteiger partial charge in [-0.2, -0.15) is 0 Å². The third-order valence-corrected chi connectivity index (χ3v) is 5.40. The summed E-state index contributed by atoms with van der Waals surface area (Å²) in [5.74, 6) is 0. The quantitative estimate of drug-likeness (QED) is 0.822. The number of aliphatic hydroxyl groups is 1. The lowest BCUT2D eigenvalue weighted by atomic mass is 9.84. The number of benzene rings is 1. The summed E-state index contributed by atoms with van der Waals surface area (Å²) < 4.78 is 0. The molecular weight excluding hydrogens is 290 g/mol. The van der Waals surface area contributed by atoms with Gasteiger partial charge >= 0.3 is 0 Å². The van der Waals surface area contributed by atoms with Gasteiger partial charge in [0.2, 0.25) is 0 Å². The minimum atomic E-state index is -0.605. The van der Waals surface area contributed by atoms with Crippen molar-refractivity contribution < 1.29 is 15.0 Å². The van der Waals surface area contributed by atoms with E-state index < -0.39 is 5.60 Å². The van der Waals surface area contributed by atoms with Crippen LogP contribution in [-0.4, -0.2) is 40.7 Å². The largest absolute Gasteiger partial charge is 0.483 e. The molecule has 1 unspecified atom stereocenters. The Hall–Kier alpha value is -1.39. The normalized spacial score (nSPS) is 26.1. The molecule has 0 amide bonds. The summed E-state index contributed by atoms with van der Waals surface area (Å²) in [7, 11) is 0. The third-order valence-electron chi connectivity index (χ3n) is 5.40.